The Morgan fingerprint density at radius 2 is 1.94 bits per heavy atom. The molecule has 4 rings (SSSR count). The van der Waals surface area contributed by atoms with Crippen molar-refractivity contribution in [2.75, 3.05) is 26.2 Å². The number of ether oxygens (including phenoxy) is 1. The molecule has 3 aromatic rings. The smallest absolute Gasteiger partial charge is 0.254 e. The first kappa shape index (κ1) is 21.2. The topological polar surface area (TPSA) is 71.5 Å². The standard InChI is InChI=1S/C24H25N3O3S/c1-2-26-23(29)24(16-18-5-7-19(8-6-18)21-4-3-15-31-21)17-27(13-14-30-24)22(28)20-9-11-25-12-10-20/h3-12,15H,2,13-14,16-17H2,1H3,(H,26,29)/t24-/m1/s1. The van der Waals surface area contributed by atoms with E-state index in [0.29, 0.717) is 31.7 Å². The summed E-state index contributed by atoms with van der Waals surface area (Å²) in [5, 5.41) is 4.95. The summed E-state index contributed by atoms with van der Waals surface area (Å²) in [5.41, 5.74) is 1.57. The number of nitrogens with zero attached hydrogens (tertiary/aromatic N) is 2. The molecule has 0 unspecified atom stereocenters. The normalized spacial score (nSPS) is 18.5. The number of carbonyl (C=O) groups is 2. The number of aromatic nitrogens is 1. The highest BCUT2D eigenvalue weighted by atomic mass is 32.1. The first-order valence-corrected chi connectivity index (χ1v) is 11.2. The number of benzene rings is 1. The van der Waals surface area contributed by atoms with E-state index in [1.54, 1.807) is 40.8 Å². The van der Waals surface area contributed by atoms with E-state index in [1.165, 1.54) is 4.88 Å². The fourth-order valence-corrected chi connectivity index (χ4v) is 4.57. The molecule has 0 saturated carbocycles. The summed E-state index contributed by atoms with van der Waals surface area (Å²) >= 11 is 1.69. The van der Waals surface area contributed by atoms with Crippen LogP contribution >= 0.6 is 11.3 Å². The molecule has 0 bridgehead atoms. The van der Waals surface area contributed by atoms with Crippen LogP contribution in [0.1, 0.15) is 22.8 Å². The Morgan fingerprint density at radius 1 is 1.16 bits per heavy atom. The third-order valence-electron chi connectivity index (χ3n) is 5.40. The molecule has 0 radical (unpaired) electrons. The molecule has 1 N–H and O–H groups in total. The lowest BCUT2D eigenvalue weighted by molar-refractivity contribution is -0.157. The Bertz CT molecular complexity index is 1020. The van der Waals surface area contributed by atoms with Gasteiger partial charge in [-0.2, -0.15) is 0 Å². The number of carbonyl (C=O) groups excluding carboxylic acids is 2. The van der Waals surface area contributed by atoms with Gasteiger partial charge in [-0.15, -0.1) is 11.3 Å². The van der Waals surface area contributed by atoms with E-state index in [4.69, 9.17) is 4.74 Å². The molecule has 1 saturated heterocycles. The summed E-state index contributed by atoms with van der Waals surface area (Å²) in [6.07, 6.45) is 3.59. The highest BCUT2D eigenvalue weighted by Gasteiger charge is 2.45. The van der Waals surface area contributed by atoms with Gasteiger partial charge in [-0.1, -0.05) is 30.3 Å². The molecule has 0 spiro atoms. The van der Waals surface area contributed by atoms with E-state index in [-0.39, 0.29) is 18.4 Å². The van der Waals surface area contributed by atoms with E-state index in [9.17, 15) is 9.59 Å². The predicted octanol–water partition coefficient (Wildman–Crippen LogP) is 3.40. The summed E-state index contributed by atoms with van der Waals surface area (Å²) in [5.74, 6) is -0.308. The average Bonchev–Trinajstić information content (AvgIpc) is 3.35. The fraction of sp³-hybridized carbons (Fsp3) is 0.292. The quantitative estimate of drug-likeness (QED) is 0.644. The number of likely N-dealkylation sites (N-methyl/N-ethyl adjacent to an activating group) is 1. The highest BCUT2D eigenvalue weighted by Crippen LogP contribution is 2.28. The number of morpholine rings is 1. The molecule has 1 aliphatic heterocycles. The number of rotatable bonds is 6. The van der Waals surface area contributed by atoms with Crippen LogP contribution in [0.3, 0.4) is 0 Å². The minimum Gasteiger partial charge on any atom is -0.361 e. The molecule has 7 heteroatoms. The Balaban J connectivity index is 1.58. The first-order chi connectivity index (χ1) is 15.1. The van der Waals surface area contributed by atoms with Crippen LogP contribution in [0.4, 0.5) is 0 Å². The largest absolute Gasteiger partial charge is 0.361 e. The van der Waals surface area contributed by atoms with Gasteiger partial charge in [0.25, 0.3) is 11.8 Å². The number of amides is 2. The second-order valence-corrected chi connectivity index (χ2v) is 8.46. The van der Waals surface area contributed by atoms with Crippen molar-refractivity contribution in [3.8, 4) is 10.4 Å². The number of pyridine rings is 1. The molecule has 1 aromatic carbocycles. The number of hydrogen-bond donors (Lipinski definition) is 1. The van der Waals surface area contributed by atoms with E-state index >= 15 is 0 Å². The van der Waals surface area contributed by atoms with Crippen LogP contribution in [0.15, 0.2) is 66.3 Å². The van der Waals surface area contributed by atoms with Crippen molar-refractivity contribution in [1.82, 2.24) is 15.2 Å². The summed E-state index contributed by atoms with van der Waals surface area (Å²) in [6.45, 7) is 3.33. The molecule has 3 heterocycles. The molecule has 0 aliphatic carbocycles. The van der Waals surface area contributed by atoms with E-state index in [0.717, 1.165) is 11.1 Å². The summed E-state index contributed by atoms with van der Waals surface area (Å²) in [4.78, 5) is 33.0. The number of thiophene rings is 1. The van der Waals surface area contributed by atoms with Crippen LogP contribution in [-0.2, 0) is 16.0 Å². The lowest BCUT2D eigenvalue weighted by Crippen LogP contribution is -2.62. The monoisotopic (exact) mass is 435 g/mol. The Morgan fingerprint density at radius 3 is 2.61 bits per heavy atom. The maximum Gasteiger partial charge on any atom is 0.254 e. The molecule has 31 heavy (non-hydrogen) atoms. The summed E-state index contributed by atoms with van der Waals surface area (Å²) in [7, 11) is 0. The van der Waals surface area contributed by atoms with E-state index in [1.807, 2.05) is 25.1 Å². The molecular formula is C24H25N3O3S. The highest BCUT2D eigenvalue weighted by molar-refractivity contribution is 7.13. The minimum absolute atomic E-state index is 0.118. The SMILES string of the molecule is CCNC(=O)[C@@]1(Cc2ccc(-c3cccs3)cc2)CN(C(=O)c2ccncc2)CCO1. The van der Waals surface area contributed by atoms with Gasteiger partial charge in [0.2, 0.25) is 0 Å². The zero-order chi connectivity index (χ0) is 21.7. The van der Waals surface area contributed by atoms with Crippen LogP contribution < -0.4 is 5.32 Å². The van der Waals surface area contributed by atoms with Gasteiger partial charge in [0.15, 0.2) is 5.60 Å². The van der Waals surface area contributed by atoms with Crippen molar-refractivity contribution < 1.29 is 14.3 Å². The van der Waals surface area contributed by atoms with E-state index in [2.05, 4.69) is 33.9 Å². The van der Waals surface area contributed by atoms with Gasteiger partial charge < -0.3 is 15.0 Å². The van der Waals surface area contributed by atoms with Crippen molar-refractivity contribution in [1.29, 1.82) is 0 Å². The molecule has 2 aromatic heterocycles. The van der Waals surface area contributed by atoms with Crippen LogP contribution in [0.25, 0.3) is 10.4 Å². The van der Waals surface area contributed by atoms with Gasteiger partial charge in [-0.3, -0.25) is 14.6 Å². The Labute approximate surface area is 185 Å². The lowest BCUT2D eigenvalue weighted by atomic mass is 9.90. The second-order valence-electron chi connectivity index (χ2n) is 7.52. The van der Waals surface area contributed by atoms with Gasteiger partial charge >= 0.3 is 0 Å². The fourth-order valence-electron chi connectivity index (χ4n) is 3.84. The van der Waals surface area contributed by atoms with E-state index < -0.39 is 5.60 Å². The third-order valence-corrected chi connectivity index (χ3v) is 6.32. The van der Waals surface area contributed by atoms with Crippen LogP contribution in [0, 0.1) is 0 Å². The van der Waals surface area contributed by atoms with Crippen LogP contribution in [0.5, 0.6) is 0 Å². The van der Waals surface area contributed by atoms with Gasteiger partial charge in [0.1, 0.15) is 0 Å². The van der Waals surface area contributed by atoms with Crippen molar-refractivity contribution in [3.05, 3.63) is 77.4 Å². The third kappa shape index (κ3) is 4.68. The van der Waals surface area contributed by atoms with Crippen LogP contribution in [0.2, 0.25) is 0 Å². The minimum atomic E-state index is -1.12. The van der Waals surface area contributed by atoms with Crippen molar-refractivity contribution in [2.45, 2.75) is 18.9 Å². The zero-order valence-corrected chi connectivity index (χ0v) is 18.2. The van der Waals surface area contributed by atoms with Crippen molar-refractivity contribution >= 4 is 23.2 Å². The number of hydrogen-bond acceptors (Lipinski definition) is 5. The van der Waals surface area contributed by atoms with Gasteiger partial charge in [0.05, 0.1) is 13.2 Å². The molecule has 1 aliphatic rings. The van der Waals surface area contributed by atoms with Gasteiger partial charge in [-0.25, -0.2) is 0 Å². The maximum atomic E-state index is 13.1. The molecule has 2 amide bonds. The summed E-state index contributed by atoms with van der Waals surface area (Å²) in [6, 6.07) is 15.7. The molecule has 1 fully saturated rings. The maximum absolute atomic E-state index is 13.1. The Kier molecular flexibility index (Phi) is 6.44. The van der Waals surface area contributed by atoms with Crippen molar-refractivity contribution in [3.63, 3.8) is 0 Å². The Hall–Kier alpha value is -3.03. The van der Waals surface area contributed by atoms with Gasteiger partial charge in [-0.05, 0) is 41.6 Å². The first-order valence-electron chi connectivity index (χ1n) is 10.4. The van der Waals surface area contributed by atoms with Crippen molar-refractivity contribution in [2.24, 2.45) is 0 Å². The predicted molar refractivity (Wildman–Crippen MR) is 121 cm³/mol. The summed E-state index contributed by atoms with van der Waals surface area (Å²) < 4.78 is 6.09. The molecular weight excluding hydrogens is 410 g/mol. The lowest BCUT2D eigenvalue weighted by Gasteiger charge is -2.41. The second kappa shape index (κ2) is 9.41. The zero-order valence-electron chi connectivity index (χ0n) is 17.4. The van der Waals surface area contributed by atoms with Crippen LogP contribution in [-0.4, -0.2) is 53.5 Å². The average molecular weight is 436 g/mol. The molecule has 160 valence electrons. The number of nitrogens with one attached hydrogen (secondary N) is 1. The van der Waals surface area contributed by atoms with Gasteiger partial charge in [0, 0.05) is 42.3 Å². The molecule has 1 atom stereocenters. The molecule has 6 nitrogen and oxygen atoms in total.